The van der Waals surface area contributed by atoms with Crippen LogP contribution in [0.25, 0.3) is 0 Å². The maximum atomic E-state index is 6.67. The molecule has 0 N–H and O–H groups in total. The second-order valence-electron chi connectivity index (χ2n) is 10.1. The molecule has 1 aromatic rings. The molecule has 0 spiro atoms. The predicted molar refractivity (Wildman–Crippen MR) is 106 cm³/mol. The molecule has 3 aliphatic rings. The Labute approximate surface area is 159 Å². The first-order chi connectivity index (χ1) is 12.4. The van der Waals surface area contributed by atoms with Gasteiger partial charge in [0.1, 0.15) is 5.75 Å². The molecule has 0 amide bonds. The summed E-state index contributed by atoms with van der Waals surface area (Å²) >= 11 is 0. The summed E-state index contributed by atoms with van der Waals surface area (Å²) in [6, 6.07) is 8.55. The summed E-state index contributed by atoms with van der Waals surface area (Å²) in [5, 5.41) is 0. The number of fused-ring (bicyclic) bond motifs is 5. The van der Waals surface area contributed by atoms with Crippen molar-refractivity contribution >= 4 is 0 Å². The molecule has 4 rings (SSSR count). The van der Waals surface area contributed by atoms with Gasteiger partial charge >= 0.3 is 0 Å². The molecule has 144 valence electrons. The minimum atomic E-state index is -0.133. The monoisotopic (exact) mass is 356 g/mol. The molecule has 0 heterocycles. The summed E-state index contributed by atoms with van der Waals surface area (Å²) in [4.78, 5) is 0. The van der Waals surface area contributed by atoms with Crippen molar-refractivity contribution in [1.29, 1.82) is 0 Å². The molecule has 0 radical (unpaired) electrons. The van der Waals surface area contributed by atoms with Crippen molar-refractivity contribution in [3.8, 4) is 5.75 Å². The first kappa shape index (κ1) is 18.3. The molecular weight excluding hydrogens is 320 g/mol. The first-order valence-electron chi connectivity index (χ1n) is 10.8. The lowest BCUT2D eigenvalue weighted by Crippen LogP contribution is -2.37. The van der Waals surface area contributed by atoms with Crippen molar-refractivity contribution in [2.75, 3.05) is 0 Å². The number of rotatable bonds is 6. The number of benzene rings is 1. The first-order valence-corrected chi connectivity index (χ1v) is 10.8. The van der Waals surface area contributed by atoms with Gasteiger partial charge in [0.25, 0.3) is 0 Å². The molecule has 2 bridgehead atoms. The molecule has 6 unspecified atom stereocenters. The van der Waals surface area contributed by atoms with Crippen LogP contribution in [0.4, 0.5) is 0 Å². The largest absolute Gasteiger partial charge is 0.465 e. The molecule has 0 aromatic heterocycles. The second kappa shape index (κ2) is 7.19. The van der Waals surface area contributed by atoms with E-state index in [0.29, 0.717) is 6.10 Å². The van der Waals surface area contributed by atoms with E-state index in [1.54, 1.807) is 0 Å². The van der Waals surface area contributed by atoms with Gasteiger partial charge in [-0.25, -0.2) is 0 Å². The van der Waals surface area contributed by atoms with Gasteiger partial charge in [0, 0.05) is 6.42 Å². The summed E-state index contributed by atoms with van der Waals surface area (Å²) in [5.41, 5.74) is 1.55. The average Bonchev–Trinajstić information content (AvgIpc) is 3.26. The van der Waals surface area contributed by atoms with Gasteiger partial charge in [-0.1, -0.05) is 46.2 Å². The maximum Gasteiger partial charge on any atom is 0.200 e. The third kappa shape index (κ3) is 3.81. The van der Waals surface area contributed by atoms with E-state index in [1.165, 1.54) is 37.7 Å². The highest BCUT2D eigenvalue weighted by atomic mass is 16.7. The van der Waals surface area contributed by atoms with E-state index in [0.717, 1.165) is 42.3 Å². The van der Waals surface area contributed by atoms with E-state index in [1.807, 2.05) is 0 Å². The highest BCUT2D eigenvalue weighted by Crippen LogP contribution is 2.59. The van der Waals surface area contributed by atoms with Gasteiger partial charge < -0.3 is 9.47 Å². The Hall–Kier alpha value is -1.02. The lowest BCUT2D eigenvalue weighted by Gasteiger charge is -2.35. The fraction of sp³-hybridized carbons (Fsp3) is 0.750. The topological polar surface area (TPSA) is 18.5 Å². The number of hydrogen-bond donors (Lipinski definition) is 0. The third-order valence-corrected chi connectivity index (χ3v) is 7.07. The van der Waals surface area contributed by atoms with Gasteiger partial charge in [0.2, 0.25) is 6.29 Å². The number of ether oxygens (including phenoxy) is 2. The number of aryl methyl sites for hydroxylation is 1. The second-order valence-corrected chi connectivity index (χ2v) is 10.1. The highest BCUT2D eigenvalue weighted by Gasteiger charge is 2.54. The molecule has 0 aliphatic heterocycles. The molecule has 3 aliphatic carbocycles. The van der Waals surface area contributed by atoms with Crippen molar-refractivity contribution in [2.45, 2.75) is 85.0 Å². The smallest absolute Gasteiger partial charge is 0.200 e. The molecule has 3 saturated carbocycles. The van der Waals surface area contributed by atoms with Crippen LogP contribution in [0.3, 0.4) is 0 Å². The zero-order valence-corrected chi connectivity index (χ0v) is 17.0. The zero-order valence-electron chi connectivity index (χ0n) is 17.0. The van der Waals surface area contributed by atoms with E-state index in [4.69, 9.17) is 9.47 Å². The van der Waals surface area contributed by atoms with Crippen LogP contribution in [0.5, 0.6) is 5.75 Å². The Morgan fingerprint density at radius 2 is 1.73 bits per heavy atom. The summed E-state index contributed by atoms with van der Waals surface area (Å²) in [7, 11) is 0. The van der Waals surface area contributed by atoms with E-state index >= 15 is 0 Å². The van der Waals surface area contributed by atoms with Crippen molar-refractivity contribution in [3.05, 3.63) is 29.8 Å². The van der Waals surface area contributed by atoms with Crippen LogP contribution >= 0.6 is 0 Å². The van der Waals surface area contributed by atoms with Gasteiger partial charge in [-0.05, 0) is 78.9 Å². The van der Waals surface area contributed by atoms with Crippen LogP contribution in [0.1, 0.15) is 71.8 Å². The van der Waals surface area contributed by atoms with Gasteiger partial charge in [-0.3, -0.25) is 0 Å². The van der Waals surface area contributed by atoms with E-state index in [2.05, 4.69) is 52.0 Å². The zero-order chi connectivity index (χ0) is 18.3. The van der Waals surface area contributed by atoms with Crippen molar-refractivity contribution in [1.82, 2.24) is 0 Å². The molecule has 0 saturated heterocycles. The molecule has 3 fully saturated rings. The predicted octanol–water partition coefficient (Wildman–Crippen LogP) is 6.23. The van der Waals surface area contributed by atoms with Gasteiger partial charge in [0.15, 0.2) is 0 Å². The van der Waals surface area contributed by atoms with Crippen LogP contribution in [0, 0.1) is 29.1 Å². The average molecular weight is 357 g/mol. The summed E-state index contributed by atoms with van der Waals surface area (Å²) in [5.74, 6) is 4.62. The Bertz CT molecular complexity index is 600. The minimum absolute atomic E-state index is 0.133. The van der Waals surface area contributed by atoms with Crippen LogP contribution in [0.15, 0.2) is 24.3 Å². The Morgan fingerprint density at radius 1 is 1.00 bits per heavy atom. The van der Waals surface area contributed by atoms with Crippen LogP contribution in [-0.4, -0.2) is 12.4 Å². The number of hydrogen-bond acceptors (Lipinski definition) is 2. The minimum Gasteiger partial charge on any atom is -0.465 e. The third-order valence-electron chi connectivity index (χ3n) is 7.07. The SMILES string of the molecule is CCc1ccc(OC(CC(C)(C)C)OC2CC3CC2C2CCCC32)cc1. The van der Waals surface area contributed by atoms with Gasteiger partial charge in [0.05, 0.1) is 6.10 Å². The molecule has 26 heavy (non-hydrogen) atoms. The molecule has 6 atom stereocenters. The Balaban J connectivity index is 1.43. The van der Waals surface area contributed by atoms with E-state index in [9.17, 15) is 0 Å². The quantitative estimate of drug-likeness (QED) is 0.562. The standard InChI is InChI=1S/C24H36O2/c1-5-16-9-11-18(12-10-16)25-23(15-24(2,3)4)26-22-14-17-13-21(22)20-8-6-7-19(17)20/h9-12,17,19-23H,5-8,13-15H2,1-4H3. The van der Waals surface area contributed by atoms with Crippen LogP contribution < -0.4 is 4.74 Å². The van der Waals surface area contributed by atoms with Crippen LogP contribution in [0.2, 0.25) is 0 Å². The lowest BCUT2D eigenvalue weighted by molar-refractivity contribution is -0.155. The summed E-state index contributed by atoms with van der Waals surface area (Å²) in [6.07, 6.45) is 9.33. The molecule has 2 heteroatoms. The fourth-order valence-corrected chi connectivity index (χ4v) is 5.93. The maximum absolute atomic E-state index is 6.67. The highest BCUT2D eigenvalue weighted by molar-refractivity contribution is 5.27. The van der Waals surface area contributed by atoms with Gasteiger partial charge in [-0.15, -0.1) is 0 Å². The summed E-state index contributed by atoms with van der Waals surface area (Å²) in [6.45, 7) is 9.02. The van der Waals surface area contributed by atoms with E-state index in [-0.39, 0.29) is 11.7 Å². The van der Waals surface area contributed by atoms with Crippen molar-refractivity contribution in [2.24, 2.45) is 29.1 Å². The van der Waals surface area contributed by atoms with Gasteiger partial charge in [-0.2, -0.15) is 0 Å². The fourth-order valence-electron chi connectivity index (χ4n) is 5.93. The van der Waals surface area contributed by atoms with Crippen molar-refractivity contribution in [3.63, 3.8) is 0 Å². The Kier molecular flexibility index (Phi) is 5.07. The van der Waals surface area contributed by atoms with E-state index < -0.39 is 0 Å². The molecule has 1 aromatic carbocycles. The molecular formula is C24H36O2. The van der Waals surface area contributed by atoms with Crippen molar-refractivity contribution < 1.29 is 9.47 Å². The summed E-state index contributed by atoms with van der Waals surface area (Å²) < 4.78 is 13.0. The van der Waals surface area contributed by atoms with Crippen LogP contribution in [-0.2, 0) is 11.2 Å². The Morgan fingerprint density at radius 3 is 2.42 bits per heavy atom. The lowest BCUT2D eigenvalue weighted by atomic mass is 9.80. The molecule has 2 nitrogen and oxygen atoms in total. The normalized spacial score (nSPS) is 34.1.